The molecule has 1 rings (SSSR count). The second kappa shape index (κ2) is 3.56. The molecule has 1 aliphatic rings. The van der Waals surface area contributed by atoms with E-state index < -0.39 is 0 Å². The molecule has 9 heavy (non-hydrogen) atoms. The van der Waals surface area contributed by atoms with Crippen LogP contribution in [-0.4, -0.2) is 5.66 Å². The summed E-state index contributed by atoms with van der Waals surface area (Å²) in [6.45, 7) is 2.31. The maximum atomic E-state index is 2.99. The molecule has 0 heterocycles. The van der Waals surface area contributed by atoms with E-state index in [4.69, 9.17) is 0 Å². The third kappa shape index (κ3) is 1.93. The molecule has 0 aromatic rings. The minimum atomic E-state index is 0.934. The van der Waals surface area contributed by atoms with Gasteiger partial charge in [-0.25, -0.2) is 0 Å². The van der Waals surface area contributed by atoms with Gasteiger partial charge in [-0.2, -0.15) is 0 Å². The molecule has 1 fully saturated rings. The van der Waals surface area contributed by atoms with E-state index in [0.29, 0.717) is 0 Å². The summed E-state index contributed by atoms with van der Waals surface area (Å²) in [5, 5.41) is 0. The Labute approximate surface area is 60.6 Å². The zero-order valence-electron chi connectivity index (χ0n) is 6.27. The van der Waals surface area contributed by atoms with Crippen LogP contribution in [0.15, 0.2) is 0 Å². The molecule has 1 aliphatic carbocycles. The van der Waals surface area contributed by atoms with Crippen molar-refractivity contribution in [3.8, 4) is 0 Å². The third-order valence-electron chi connectivity index (χ3n) is 2.49. The quantitative estimate of drug-likeness (QED) is 0.496. The number of rotatable bonds is 1. The van der Waals surface area contributed by atoms with Crippen LogP contribution in [0, 0.1) is 5.92 Å². The Bertz CT molecular complexity index is 80.6. The van der Waals surface area contributed by atoms with Gasteiger partial charge in [0, 0.05) is 0 Å². The molecule has 0 amide bonds. The van der Waals surface area contributed by atoms with Gasteiger partial charge in [-0.15, -0.1) is 9.24 Å². The van der Waals surface area contributed by atoms with Crippen LogP contribution in [0.2, 0.25) is 0 Å². The molecule has 3 atom stereocenters. The number of hydrogen-bond acceptors (Lipinski definition) is 0. The van der Waals surface area contributed by atoms with Gasteiger partial charge in [0.1, 0.15) is 0 Å². The van der Waals surface area contributed by atoms with E-state index in [9.17, 15) is 0 Å². The Kier molecular flexibility index (Phi) is 2.98. The monoisotopic (exact) mass is 144 g/mol. The van der Waals surface area contributed by atoms with Crippen LogP contribution < -0.4 is 0 Å². The smallest absolute Gasteiger partial charge is 0.0236 e. The minimum absolute atomic E-state index is 0.934. The molecule has 0 radical (unpaired) electrons. The predicted molar refractivity (Wildman–Crippen MR) is 45.7 cm³/mol. The molecule has 0 aromatic heterocycles. The van der Waals surface area contributed by atoms with E-state index in [2.05, 4.69) is 16.2 Å². The summed E-state index contributed by atoms with van der Waals surface area (Å²) < 4.78 is 0. The lowest BCUT2D eigenvalue weighted by Crippen LogP contribution is -2.17. The van der Waals surface area contributed by atoms with Crippen molar-refractivity contribution >= 4 is 9.24 Å². The lowest BCUT2D eigenvalue weighted by Gasteiger charge is -2.27. The van der Waals surface area contributed by atoms with Crippen LogP contribution in [0.4, 0.5) is 0 Å². The first kappa shape index (κ1) is 7.54. The van der Waals surface area contributed by atoms with Gasteiger partial charge in [-0.1, -0.05) is 26.2 Å². The lowest BCUT2D eigenvalue weighted by atomic mass is 9.87. The molecule has 0 spiro atoms. The van der Waals surface area contributed by atoms with Crippen molar-refractivity contribution in [3.05, 3.63) is 0 Å². The summed E-state index contributed by atoms with van der Waals surface area (Å²) >= 11 is 0. The van der Waals surface area contributed by atoms with Crippen molar-refractivity contribution in [1.29, 1.82) is 0 Å². The molecule has 0 nitrogen and oxygen atoms in total. The van der Waals surface area contributed by atoms with Gasteiger partial charge in [0.25, 0.3) is 0 Å². The molecule has 0 bridgehead atoms. The van der Waals surface area contributed by atoms with Crippen LogP contribution in [0.3, 0.4) is 0 Å². The van der Waals surface area contributed by atoms with Crippen molar-refractivity contribution < 1.29 is 0 Å². The van der Waals surface area contributed by atoms with Crippen LogP contribution in [-0.2, 0) is 0 Å². The standard InChI is InChI=1S/C8H17P/c1-2-7-5-3-4-6-8(7)9/h7-8H,2-6,9H2,1H3. The molecule has 0 aromatic carbocycles. The first-order valence-corrected chi connectivity index (χ1v) is 4.77. The molecule has 0 aliphatic heterocycles. The fourth-order valence-corrected chi connectivity index (χ4v) is 2.44. The summed E-state index contributed by atoms with van der Waals surface area (Å²) in [7, 11) is 2.99. The fraction of sp³-hybridized carbons (Fsp3) is 1.00. The Hall–Kier alpha value is 0.430. The fourth-order valence-electron chi connectivity index (χ4n) is 1.74. The van der Waals surface area contributed by atoms with Crippen LogP contribution in [0.5, 0.6) is 0 Å². The van der Waals surface area contributed by atoms with Crippen molar-refractivity contribution in [3.63, 3.8) is 0 Å². The second-order valence-electron chi connectivity index (χ2n) is 3.12. The SMILES string of the molecule is CCC1CCCCC1P. The van der Waals surface area contributed by atoms with Crippen molar-refractivity contribution in [2.75, 3.05) is 0 Å². The highest BCUT2D eigenvalue weighted by molar-refractivity contribution is 7.17. The summed E-state index contributed by atoms with van der Waals surface area (Å²) in [4.78, 5) is 0. The van der Waals surface area contributed by atoms with E-state index in [1.807, 2.05) is 0 Å². The summed E-state index contributed by atoms with van der Waals surface area (Å²) in [5.41, 5.74) is 0.934. The van der Waals surface area contributed by atoms with E-state index in [1.165, 1.54) is 32.1 Å². The number of hydrogen-bond donors (Lipinski definition) is 0. The Balaban J connectivity index is 2.30. The molecular formula is C8H17P. The zero-order valence-corrected chi connectivity index (χ0v) is 7.42. The van der Waals surface area contributed by atoms with Crippen molar-refractivity contribution in [2.24, 2.45) is 5.92 Å². The summed E-state index contributed by atoms with van der Waals surface area (Å²) in [5.74, 6) is 1.02. The highest BCUT2D eigenvalue weighted by Gasteiger charge is 2.18. The third-order valence-corrected chi connectivity index (χ3v) is 3.37. The summed E-state index contributed by atoms with van der Waals surface area (Å²) in [6, 6.07) is 0. The van der Waals surface area contributed by atoms with E-state index in [1.54, 1.807) is 0 Å². The zero-order chi connectivity index (χ0) is 6.69. The lowest BCUT2D eigenvalue weighted by molar-refractivity contribution is 0.361. The topological polar surface area (TPSA) is 0 Å². The van der Waals surface area contributed by atoms with Gasteiger partial charge >= 0.3 is 0 Å². The minimum Gasteiger partial charge on any atom is -0.134 e. The molecule has 0 saturated heterocycles. The van der Waals surface area contributed by atoms with Crippen LogP contribution in [0.1, 0.15) is 39.0 Å². The summed E-state index contributed by atoms with van der Waals surface area (Å²) in [6.07, 6.45) is 7.25. The second-order valence-corrected chi connectivity index (χ2v) is 3.97. The van der Waals surface area contributed by atoms with Gasteiger partial charge in [0.05, 0.1) is 0 Å². The van der Waals surface area contributed by atoms with Crippen molar-refractivity contribution in [2.45, 2.75) is 44.7 Å². The maximum absolute atomic E-state index is 2.99. The van der Waals surface area contributed by atoms with Gasteiger partial charge in [-0.05, 0) is 24.4 Å². The molecular weight excluding hydrogens is 127 g/mol. The van der Waals surface area contributed by atoms with Crippen LogP contribution in [0.25, 0.3) is 0 Å². The molecule has 1 heteroatoms. The van der Waals surface area contributed by atoms with Crippen molar-refractivity contribution in [1.82, 2.24) is 0 Å². The molecule has 3 unspecified atom stereocenters. The van der Waals surface area contributed by atoms with Crippen LogP contribution >= 0.6 is 9.24 Å². The van der Waals surface area contributed by atoms with E-state index >= 15 is 0 Å². The first-order valence-electron chi connectivity index (χ1n) is 4.10. The highest BCUT2D eigenvalue weighted by atomic mass is 31.0. The predicted octanol–water partition coefficient (Wildman–Crippen LogP) is 2.83. The largest absolute Gasteiger partial charge is 0.134 e. The van der Waals surface area contributed by atoms with Gasteiger partial charge in [0.2, 0.25) is 0 Å². The van der Waals surface area contributed by atoms with E-state index in [0.717, 1.165) is 11.6 Å². The Morgan fingerprint density at radius 3 is 2.44 bits per heavy atom. The average molecular weight is 144 g/mol. The van der Waals surface area contributed by atoms with Gasteiger partial charge < -0.3 is 0 Å². The first-order chi connectivity index (χ1) is 4.34. The highest BCUT2D eigenvalue weighted by Crippen LogP contribution is 2.31. The Morgan fingerprint density at radius 2 is 2.00 bits per heavy atom. The molecule has 1 saturated carbocycles. The molecule has 0 N–H and O–H groups in total. The average Bonchev–Trinajstić information content (AvgIpc) is 1.89. The van der Waals surface area contributed by atoms with Gasteiger partial charge in [-0.3, -0.25) is 0 Å². The molecule has 54 valence electrons. The van der Waals surface area contributed by atoms with E-state index in [-0.39, 0.29) is 0 Å². The van der Waals surface area contributed by atoms with Gasteiger partial charge in [0.15, 0.2) is 0 Å². The maximum Gasteiger partial charge on any atom is -0.0236 e. The normalized spacial score (nSPS) is 36.7. The Morgan fingerprint density at radius 1 is 1.33 bits per heavy atom.